The zero-order valence-electron chi connectivity index (χ0n) is 9.06. The Kier molecular flexibility index (Phi) is 4.84. The molecule has 1 rings (SSSR count). The highest BCUT2D eigenvalue weighted by molar-refractivity contribution is 5.64. The third-order valence-electron chi connectivity index (χ3n) is 1.64. The number of ether oxygens (including phenoxy) is 1. The van der Waals surface area contributed by atoms with E-state index in [9.17, 15) is 4.79 Å². The van der Waals surface area contributed by atoms with E-state index in [2.05, 4.69) is 25.3 Å². The Morgan fingerprint density at radius 2 is 2.38 bits per heavy atom. The molecule has 1 aromatic rings. The second-order valence-corrected chi connectivity index (χ2v) is 2.89. The average molecular weight is 225 g/mol. The van der Waals surface area contributed by atoms with Crippen molar-refractivity contribution in [2.24, 2.45) is 5.73 Å². The van der Waals surface area contributed by atoms with Gasteiger partial charge in [0.25, 0.3) is 0 Å². The van der Waals surface area contributed by atoms with Crippen molar-refractivity contribution in [3.8, 4) is 0 Å². The van der Waals surface area contributed by atoms with Crippen LogP contribution in [0.5, 0.6) is 0 Å². The molecule has 0 bridgehead atoms. The molecule has 0 aliphatic rings. The largest absolute Gasteiger partial charge is 0.448 e. The third-order valence-corrected chi connectivity index (χ3v) is 1.64. The quantitative estimate of drug-likeness (QED) is 0.606. The van der Waals surface area contributed by atoms with Gasteiger partial charge in [0.05, 0.1) is 6.54 Å². The molecule has 7 nitrogen and oxygen atoms in total. The topological polar surface area (TPSA) is 102 Å². The van der Waals surface area contributed by atoms with Crippen LogP contribution in [-0.4, -0.2) is 35.8 Å². The second-order valence-electron chi connectivity index (χ2n) is 2.89. The number of hydrogen-bond acceptors (Lipinski definition) is 6. The molecule has 4 N–H and O–H groups in total. The summed E-state index contributed by atoms with van der Waals surface area (Å²) < 4.78 is 4.56. The van der Waals surface area contributed by atoms with Gasteiger partial charge >= 0.3 is 6.09 Å². The zero-order chi connectivity index (χ0) is 11.8. The number of carbonyl (C=O) groups excluding carboxylic acids is 1. The lowest BCUT2D eigenvalue weighted by atomic mass is 10.5. The van der Waals surface area contributed by atoms with Crippen LogP contribution in [0.25, 0.3) is 0 Å². The van der Waals surface area contributed by atoms with Crippen LogP contribution >= 0.6 is 0 Å². The lowest BCUT2D eigenvalue weighted by Gasteiger charge is -2.07. The van der Waals surface area contributed by atoms with E-state index in [4.69, 9.17) is 5.73 Å². The van der Waals surface area contributed by atoms with Crippen LogP contribution in [0.3, 0.4) is 0 Å². The number of anilines is 2. The maximum Gasteiger partial charge on any atom is 0.404 e. The van der Waals surface area contributed by atoms with Crippen LogP contribution in [0.4, 0.5) is 16.6 Å². The summed E-state index contributed by atoms with van der Waals surface area (Å²) in [5, 5.41) is 5.96. The van der Waals surface area contributed by atoms with Crippen molar-refractivity contribution in [2.75, 3.05) is 30.3 Å². The number of nitrogens with two attached hydrogens (primary N) is 1. The molecule has 0 fully saturated rings. The lowest BCUT2D eigenvalue weighted by molar-refractivity contribution is 0.161. The van der Waals surface area contributed by atoms with E-state index in [1.54, 1.807) is 12.3 Å². The molecule has 0 saturated carbocycles. The molecular weight excluding hydrogens is 210 g/mol. The van der Waals surface area contributed by atoms with Crippen LogP contribution in [0.1, 0.15) is 6.92 Å². The van der Waals surface area contributed by atoms with Crippen LogP contribution in [0.2, 0.25) is 0 Å². The summed E-state index contributed by atoms with van der Waals surface area (Å²) in [7, 11) is 0. The number of primary amides is 1. The molecule has 7 heteroatoms. The molecule has 0 radical (unpaired) electrons. The van der Waals surface area contributed by atoms with Crippen molar-refractivity contribution < 1.29 is 9.53 Å². The average Bonchev–Trinajstić information content (AvgIpc) is 2.25. The number of rotatable bonds is 6. The van der Waals surface area contributed by atoms with Gasteiger partial charge in [0.15, 0.2) is 0 Å². The molecule has 1 heterocycles. The summed E-state index contributed by atoms with van der Waals surface area (Å²) in [4.78, 5) is 18.5. The summed E-state index contributed by atoms with van der Waals surface area (Å²) in [6.45, 7) is 3.37. The van der Waals surface area contributed by atoms with Crippen molar-refractivity contribution in [1.82, 2.24) is 9.97 Å². The predicted octanol–water partition coefficient (Wildman–Crippen LogP) is 0.416. The molecular formula is C9H15N5O2. The number of hydrogen-bond donors (Lipinski definition) is 3. The molecule has 0 saturated heterocycles. The lowest BCUT2D eigenvalue weighted by Crippen LogP contribution is -2.18. The fourth-order valence-corrected chi connectivity index (χ4v) is 1.03. The Balaban J connectivity index is 2.35. The summed E-state index contributed by atoms with van der Waals surface area (Å²) >= 11 is 0. The minimum Gasteiger partial charge on any atom is -0.448 e. The molecule has 0 unspecified atom stereocenters. The van der Waals surface area contributed by atoms with Gasteiger partial charge in [-0.2, -0.15) is 4.98 Å². The monoisotopic (exact) mass is 225 g/mol. The molecule has 16 heavy (non-hydrogen) atoms. The van der Waals surface area contributed by atoms with Gasteiger partial charge in [-0.25, -0.2) is 9.78 Å². The van der Waals surface area contributed by atoms with Crippen molar-refractivity contribution >= 4 is 17.9 Å². The van der Waals surface area contributed by atoms with Crippen LogP contribution in [0, 0.1) is 0 Å². The Morgan fingerprint density at radius 3 is 3.06 bits per heavy atom. The number of nitrogens with one attached hydrogen (secondary N) is 2. The Morgan fingerprint density at radius 1 is 1.56 bits per heavy atom. The van der Waals surface area contributed by atoms with Gasteiger partial charge in [0, 0.05) is 12.7 Å². The summed E-state index contributed by atoms with van der Waals surface area (Å²) in [6.07, 6.45) is 0.861. The standard InChI is InChI=1S/C9H15N5O2/c1-2-11-9-13-4-3-7(14-9)12-5-6-16-8(10)15/h3-4H,2,5-6H2,1H3,(H2,10,15)(H2,11,12,13,14). The van der Waals surface area contributed by atoms with E-state index in [1.165, 1.54) is 0 Å². The predicted molar refractivity (Wildman–Crippen MR) is 60.2 cm³/mol. The maximum atomic E-state index is 10.3. The third kappa shape index (κ3) is 4.45. The van der Waals surface area contributed by atoms with Crippen LogP contribution in [-0.2, 0) is 4.74 Å². The summed E-state index contributed by atoms with van der Waals surface area (Å²) in [6, 6.07) is 1.73. The van der Waals surface area contributed by atoms with Gasteiger partial charge in [-0.1, -0.05) is 0 Å². The molecule has 1 aromatic heterocycles. The van der Waals surface area contributed by atoms with Crippen molar-refractivity contribution in [3.05, 3.63) is 12.3 Å². The number of carbonyl (C=O) groups is 1. The van der Waals surface area contributed by atoms with E-state index >= 15 is 0 Å². The van der Waals surface area contributed by atoms with E-state index in [1.807, 2.05) is 6.92 Å². The van der Waals surface area contributed by atoms with Gasteiger partial charge in [-0.15, -0.1) is 0 Å². The molecule has 0 aliphatic heterocycles. The highest BCUT2D eigenvalue weighted by Gasteiger charge is 1.98. The van der Waals surface area contributed by atoms with Gasteiger partial charge in [-0.05, 0) is 13.0 Å². The second kappa shape index (κ2) is 6.44. The molecule has 0 aliphatic carbocycles. The zero-order valence-corrected chi connectivity index (χ0v) is 9.06. The van der Waals surface area contributed by atoms with Gasteiger partial charge in [0.1, 0.15) is 12.4 Å². The van der Waals surface area contributed by atoms with Crippen molar-refractivity contribution in [2.45, 2.75) is 6.92 Å². The maximum absolute atomic E-state index is 10.3. The van der Waals surface area contributed by atoms with E-state index in [0.717, 1.165) is 6.54 Å². The fraction of sp³-hybridized carbons (Fsp3) is 0.444. The SMILES string of the molecule is CCNc1nccc(NCCOC(N)=O)n1. The Hall–Kier alpha value is -2.05. The Bertz CT molecular complexity index is 344. The number of nitrogens with zero attached hydrogens (tertiary/aromatic N) is 2. The van der Waals surface area contributed by atoms with Gasteiger partial charge < -0.3 is 21.1 Å². The first-order chi connectivity index (χ1) is 7.72. The molecule has 0 aromatic carbocycles. The number of aromatic nitrogens is 2. The molecule has 88 valence electrons. The fourth-order valence-electron chi connectivity index (χ4n) is 1.03. The summed E-state index contributed by atoms with van der Waals surface area (Å²) in [5.41, 5.74) is 4.81. The van der Waals surface area contributed by atoms with E-state index < -0.39 is 6.09 Å². The minimum absolute atomic E-state index is 0.204. The Labute approximate surface area is 93.4 Å². The normalized spacial score (nSPS) is 9.56. The van der Waals surface area contributed by atoms with Crippen LogP contribution in [0.15, 0.2) is 12.3 Å². The minimum atomic E-state index is -0.780. The van der Waals surface area contributed by atoms with Gasteiger partial charge in [0.2, 0.25) is 5.95 Å². The first-order valence-corrected chi connectivity index (χ1v) is 4.95. The first-order valence-electron chi connectivity index (χ1n) is 4.95. The molecule has 0 spiro atoms. The molecule has 1 amide bonds. The van der Waals surface area contributed by atoms with Crippen LogP contribution < -0.4 is 16.4 Å². The highest BCUT2D eigenvalue weighted by atomic mass is 16.5. The van der Waals surface area contributed by atoms with Gasteiger partial charge in [-0.3, -0.25) is 0 Å². The van der Waals surface area contributed by atoms with Crippen molar-refractivity contribution in [3.63, 3.8) is 0 Å². The van der Waals surface area contributed by atoms with Crippen molar-refractivity contribution in [1.29, 1.82) is 0 Å². The van der Waals surface area contributed by atoms with E-state index in [0.29, 0.717) is 18.3 Å². The number of amides is 1. The summed E-state index contributed by atoms with van der Waals surface area (Å²) in [5.74, 6) is 1.22. The highest BCUT2D eigenvalue weighted by Crippen LogP contribution is 2.04. The smallest absolute Gasteiger partial charge is 0.404 e. The first kappa shape index (κ1) is 12.0. The molecule has 0 atom stereocenters. The van der Waals surface area contributed by atoms with E-state index in [-0.39, 0.29) is 6.61 Å².